The number of nitrogens with zero attached hydrogens (tertiary/aromatic N) is 2. The minimum atomic E-state index is -3.94. The molecule has 1 aliphatic heterocycles. The first-order chi connectivity index (χ1) is 8.03. The van der Waals surface area contributed by atoms with Gasteiger partial charge in [0.2, 0.25) is 0 Å². The van der Waals surface area contributed by atoms with E-state index in [1.807, 2.05) is 0 Å². The third-order valence-corrected chi connectivity index (χ3v) is 4.05. The summed E-state index contributed by atoms with van der Waals surface area (Å²) < 4.78 is 24.9. The Labute approximate surface area is 97.8 Å². The van der Waals surface area contributed by atoms with Gasteiger partial charge in [-0.05, 0) is 12.5 Å². The lowest BCUT2D eigenvalue weighted by Crippen LogP contribution is -2.27. The molecule has 17 heavy (non-hydrogen) atoms. The molecule has 1 aromatic carbocycles. The molecule has 1 fully saturated rings. The molecule has 1 aliphatic rings. The first-order valence-electron chi connectivity index (χ1n) is 4.92. The molecule has 1 saturated heterocycles. The lowest BCUT2D eigenvalue weighted by atomic mass is 10.3. The Hall–Kier alpha value is -1.51. The van der Waals surface area contributed by atoms with Gasteiger partial charge < -0.3 is 0 Å². The Morgan fingerprint density at radius 1 is 1.35 bits per heavy atom. The molecule has 0 bridgehead atoms. The van der Waals surface area contributed by atoms with E-state index in [4.69, 9.17) is 4.84 Å². The van der Waals surface area contributed by atoms with Crippen molar-refractivity contribution in [2.45, 2.75) is 11.3 Å². The molecule has 7 nitrogen and oxygen atoms in total. The molecule has 92 valence electrons. The normalized spacial score (nSPS) is 17.2. The van der Waals surface area contributed by atoms with Gasteiger partial charge in [-0.2, -0.15) is 0 Å². The van der Waals surface area contributed by atoms with Gasteiger partial charge in [0.15, 0.2) is 4.90 Å². The van der Waals surface area contributed by atoms with Crippen molar-refractivity contribution < 1.29 is 18.2 Å². The first-order valence-corrected chi connectivity index (χ1v) is 6.36. The van der Waals surface area contributed by atoms with E-state index in [9.17, 15) is 18.5 Å². The molecule has 0 atom stereocenters. The van der Waals surface area contributed by atoms with Crippen molar-refractivity contribution in [1.29, 1.82) is 0 Å². The van der Waals surface area contributed by atoms with Crippen LogP contribution in [0.3, 0.4) is 0 Å². The van der Waals surface area contributed by atoms with Gasteiger partial charge in [-0.15, -0.1) is 0 Å². The van der Waals surface area contributed by atoms with Crippen molar-refractivity contribution in [3.05, 3.63) is 34.4 Å². The highest BCUT2D eigenvalue weighted by Gasteiger charge is 2.34. The van der Waals surface area contributed by atoms with Crippen LogP contribution < -0.4 is 0 Å². The zero-order valence-corrected chi connectivity index (χ0v) is 9.59. The van der Waals surface area contributed by atoms with Crippen molar-refractivity contribution >= 4 is 15.7 Å². The number of para-hydroxylation sites is 1. The van der Waals surface area contributed by atoms with E-state index < -0.39 is 20.6 Å². The van der Waals surface area contributed by atoms with Crippen molar-refractivity contribution in [3.63, 3.8) is 0 Å². The summed E-state index contributed by atoms with van der Waals surface area (Å²) in [7, 11) is -3.94. The summed E-state index contributed by atoms with van der Waals surface area (Å²) in [4.78, 5) is 14.6. The molecule has 0 aromatic heterocycles. The zero-order chi connectivity index (χ0) is 12.5. The number of nitro groups is 1. The summed E-state index contributed by atoms with van der Waals surface area (Å²) in [6.45, 7) is 0.522. The maximum atomic E-state index is 12.1. The van der Waals surface area contributed by atoms with Gasteiger partial charge in [0.05, 0.1) is 11.5 Å². The predicted octanol–water partition coefficient (Wildman–Crippen LogP) is 0.921. The second kappa shape index (κ2) is 4.40. The number of rotatable bonds is 3. The van der Waals surface area contributed by atoms with E-state index in [-0.39, 0.29) is 11.4 Å². The summed E-state index contributed by atoms with van der Waals surface area (Å²) in [5.41, 5.74) is -0.442. The summed E-state index contributed by atoms with van der Waals surface area (Å²) in [5, 5.41) is 10.8. The predicted molar refractivity (Wildman–Crippen MR) is 57.6 cm³/mol. The summed E-state index contributed by atoms with van der Waals surface area (Å²) in [6.07, 6.45) is 0.583. The number of nitro benzene ring substituents is 1. The van der Waals surface area contributed by atoms with Crippen LogP contribution in [-0.2, 0) is 14.9 Å². The number of benzene rings is 1. The minimum Gasteiger partial charge on any atom is -0.284 e. The van der Waals surface area contributed by atoms with Gasteiger partial charge in [-0.3, -0.25) is 15.0 Å². The molecule has 0 radical (unpaired) electrons. The molecule has 2 rings (SSSR count). The zero-order valence-electron chi connectivity index (χ0n) is 8.77. The van der Waals surface area contributed by atoms with Crippen molar-refractivity contribution in [3.8, 4) is 0 Å². The van der Waals surface area contributed by atoms with E-state index in [0.29, 0.717) is 13.0 Å². The van der Waals surface area contributed by atoms with Crippen LogP contribution in [0.15, 0.2) is 29.2 Å². The van der Waals surface area contributed by atoms with E-state index in [2.05, 4.69) is 0 Å². The first kappa shape index (κ1) is 12.0. The molecule has 0 unspecified atom stereocenters. The second-order valence-electron chi connectivity index (χ2n) is 3.44. The lowest BCUT2D eigenvalue weighted by Gasteiger charge is -2.13. The molecular weight excluding hydrogens is 248 g/mol. The quantitative estimate of drug-likeness (QED) is 0.594. The molecular formula is C9H10N2O5S. The Balaban J connectivity index is 2.49. The summed E-state index contributed by atoms with van der Waals surface area (Å²) in [6, 6.07) is 5.22. The maximum Gasteiger partial charge on any atom is 0.289 e. The van der Waals surface area contributed by atoms with Crippen LogP contribution in [0.5, 0.6) is 0 Å². The van der Waals surface area contributed by atoms with E-state index >= 15 is 0 Å². The smallest absolute Gasteiger partial charge is 0.284 e. The van der Waals surface area contributed by atoms with E-state index in [1.165, 1.54) is 18.2 Å². The van der Waals surface area contributed by atoms with Crippen LogP contribution in [0.1, 0.15) is 6.42 Å². The topological polar surface area (TPSA) is 89.8 Å². The Kier molecular flexibility index (Phi) is 3.09. The fourth-order valence-electron chi connectivity index (χ4n) is 1.55. The van der Waals surface area contributed by atoms with Crippen molar-refractivity contribution in [2.75, 3.05) is 13.2 Å². The SMILES string of the molecule is O=[N+]([O-])c1ccccc1S(=O)(=O)N1CCCO1. The molecule has 0 spiro atoms. The molecule has 0 N–H and O–H groups in total. The number of hydrogen-bond acceptors (Lipinski definition) is 5. The number of hydrogen-bond donors (Lipinski definition) is 0. The molecule has 0 amide bonds. The fraction of sp³-hybridized carbons (Fsp3) is 0.333. The van der Waals surface area contributed by atoms with Gasteiger partial charge in [-0.25, -0.2) is 8.42 Å². The van der Waals surface area contributed by atoms with Crippen molar-refractivity contribution in [2.24, 2.45) is 0 Å². The molecule has 0 aliphatic carbocycles. The average molecular weight is 258 g/mol. The van der Waals surface area contributed by atoms with Crippen LogP contribution in [0.25, 0.3) is 0 Å². The van der Waals surface area contributed by atoms with Crippen LogP contribution in [0, 0.1) is 10.1 Å². The molecule has 1 heterocycles. The maximum absolute atomic E-state index is 12.1. The monoisotopic (exact) mass is 258 g/mol. The number of sulfonamides is 1. The highest BCUT2D eigenvalue weighted by atomic mass is 32.2. The summed E-state index contributed by atoms with van der Waals surface area (Å²) >= 11 is 0. The number of hydroxylamine groups is 1. The van der Waals surface area contributed by atoms with Gasteiger partial charge in [0, 0.05) is 12.6 Å². The van der Waals surface area contributed by atoms with Crippen LogP contribution in [-0.4, -0.2) is 31.0 Å². The molecule has 1 aromatic rings. The van der Waals surface area contributed by atoms with Crippen LogP contribution in [0.4, 0.5) is 5.69 Å². The fourth-order valence-corrected chi connectivity index (χ4v) is 3.01. The Morgan fingerprint density at radius 2 is 2.06 bits per heavy atom. The van der Waals surface area contributed by atoms with E-state index in [1.54, 1.807) is 0 Å². The van der Waals surface area contributed by atoms with Gasteiger partial charge in [-0.1, -0.05) is 16.6 Å². The highest BCUT2D eigenvalue weighted by Crippen LogP contribution is 2.27. The van der Waals surface area contributed by atoms with Gasteiger partial charge in [0.25, 0.3) is 15.7 Å². The van der Waals surface area contributed by atoms with E-state index in [0.717, 1.165) is 10.5 Å². The standard InChI is InChI=1S/C9H10N2O5S/c12-11(13)8-4-1-2-5-9(8)17(14,15)10-6-3-7-16-10/h1-2,4-5H,3,6-7H2. The van der Waals surface area contributed by atoms with Crippen LogP contribution >= 0.6 is 0 Å². The third kappa shape index (κ3) is 2.14. The Morgan fingerprint density at radius 3 is 2.65 bits per heavy atom. The van der Waals surface area contributed by atoms with Crippen LogP contribution in [0.2, 0.25) is 0 Å². The minimum absolute atomic E-state index is 0.217. The largest absolute Gasteiger partial charge is 0.289 e. The summed E-state index contributed by atoms with van der Waals surface area (Å²) in [5.74, 6) is 0. The van der Waals surface area contributed by atoms with Gasteiger partial charge in [0.1, 0.15) is 0 Å². The lowest BCUT2D eigenvalue weighted by molar-refractivity contribution is -0.387. The van der Waals surface area contributed by atoms with Crippen molar-refractivity contribution in [1.82, 2.24) is 4.47 Å². The second-order valence-corrected chi connectivity index (χ2v) is 5.24. The molecule has 8 heteroatoms. The molecule has 0 saturated carbocycles. The highest BCUT2D eigenvalue weighted by molar-refractivity contribution is 7.89. The third-order valence-electron chi connectivity index (χ3n) is 2.33. The average Bonchev–Trinajstić information content (AvgIpc) is 2.83. The Bertz CT molecular complexity index is 536. The van der Waals surface area contributed by atoms with Gasteiger partial charge >= 0.3 is 0 Å².